The second kappa shape index (κ2) is 54.7. The van der Waals surface area contributed by atoms with E-state index in [1.165, 1.54) is 218 Å². The number of carbonyl (C=O) groups excluding carboxylic acids is 2. The van der Waals surface area contributed by atoms with E-state index in [0.717, 1.165) is 51.4 Å². The molecule has 3 N–H and O–H groups in total. The summed E-state index contributed by atoms with van der Waals surface area (Å²) in [5.74, 6) is -0.0436. The summed E-state index contributed by atoms with van der Waals surface area (Å²) in [7, 11) is 0. The number of hydrogen-bond acceptors (Lipinski definition) is 5. The van der Waals surface area contributed by atoms with Crippen LogP contribution in [0.3, 0.4) is 0 Å². The zero-order valence-corrected chi connectivity index (χ0v) is 43.5. The average molecular weight is 915 g/mol. The molecule has 382 valence electrons. The Balaban J connectivity index is 3.42. The highest BCUT2D eigenvalue weighted by Gasteiger charge is 2.20. The van der Waals surface area contributed by atoms with Gasteiger partial charge in [0.1, 0.15) is 0 Å². The van der Waals surface area contributed by atoms with Crippen molar-refractivity contribution in [3.05, 3.63) is 36.5 Å². The van der Waals surface area contributed by atoms with Gasteiger partial charge in [0.25, 0.3) is 0 Å². The van der Waals surface area contributed by atoms with Gasteiger partial charge in [-0.3, -0.25) is 9.59 Å². The van der Waals surface area contributed by atoms with Crippen molar-refractivity contribution in [2.75, 3.05) is 13.2 Å². The fourth-order valence-electron chi connectivity index (χ4n) is 8.72. The van der Waals surface area contributed by atoms with Gasteiger partial charge in [0.05, 0.1) is 25.4 Å². The van der Waals surface area contributed by atoms with E-state index >= 15 is 0 Å². The number of hydrogen-bond donors (Lipinski definition) is 3. The first-order valence-electron chi connectivity index (χ1n) is 28.7. The monoisotopic (exact) mass is 914 g/mol. The molecule has 6 nitrogen and oxygen atoms in total. The van der Waals surface area contributed by atoms with Crippen LogP contribution in [0.15, 0.2) is 36.5 Å². The third kappa shape index (κ3) is 51.3. The van der Waals surface area contributed by atoms with E-state index in [4.69, 9.17) is 4.74 Å². The molecule has 6 heteroatoms. The summed E-state index contributed by atoms with van der Waals surface area (Å²) >= 11 is 0. The molecule has 65 heavy (non-hydrogen) atoms. The van der Waals surface area contributed by atoms with Crippen LogP contribution in [-0.4, -0.2) is 47.4 Å². The summed E-state index contributed by atoms with van der Waals surface area (Å²) in [6.45, 7) is 4.91. The fourth-order valence-corrected chi connectivity index (χ4v) is 8.72. The van der Waals surface area contributed by atoms with E-state index in [1.807, 2.05) is 0 Å². The lowest BCUT2D eigenvalue weighted by Crippen LogP contribution is -2.45. The molecule has 0 heterocycles. The van der Waals surface area contributed by atoms with E-state index in [1.54, 1.807) is 0 Å². The molecule has 0 aliphatic carbocycles. The summed E-state index contributed by atoms with van der Waals surface area (Å²) < 4.78 is 5.46. The topological polar surface area (TPSA) is 95.9 Å². The van der Waals surface area contributed by atoms with Crippen molar-refractivity contribution in [1.29, 1.82) is 0 Å². The number of allylic oxidation sites excluding steroid dienone is 6. The van der Waals surface area contributed by atoms with Crippen LogP contribution in [0, 0.1) is 0 Å². The molecule has 0 saturated carbocycles. The summed E-state index contributed by atoms with van der Waals surface area (Å²) in [6, 6.07) is -0.544. The second-order valence-electron chi connectivity index (χ2n) is 19.6. The van der Waals surface area contributed by atoms with E-state index in [0.29, 0.717) is 25.9 Å². The maximum absolute atomic E-state index is 12.4. The minimum atomic E-state index is -0.666. The van der Waals surface area contributed by atoms with E-state index in [9.17, 15) is 19.8 Å². The standard InChI is InChI=1S/C59H111NO5/c1-3-5-7-9-11-13-15-29-33-37-41-45-49-53-59(64)65-54-50-46-42-38-34-31-28-26-24-22-20-18-16-17-19-21-23-25-27-30-32-36-40-44-48-52-58(63)60-56(55-61)57(62)51-47-43-39-35-14-12-10-8-6-4-2/h13,15,17-20,56-57,61-62H,3-12,14,16,21-55H2,1-2H3,(H,60,63)/b15-13-,19-17-,20-18-. The summed E-state index contributed by atoms with van der Waals surface area (Å²) in [4.78, 5) is 24.4. The third-order valence-corrected chi connectivity index (χ3v) is 13.2. The molecule has 0 aromatic rings. The highest BCUT2D eigenvalue weighted by molar-refractivity contribution is 5.76. The van der Waals surface area contributed by atoms with Gasteiger partial charge in [0, 0.05) is 12.8 Å². The zero-order valence-electron chi connectivity index (χ0n) is 43.5. The average Bonchev–Trinajstić information content (AvgIpc) is 3.31. The molecule has 0 saturated heterocycles. The number of aliphatic hydroxyl groups is 2. The number of unbranched alkanes of at least 4 members (excludes halogenated alkanes) is 36. The van der Waals surface area contributed by atoms with Gasteiger partial charge in [-0.1, -0.05) is 243 Å². The molecule has 0 radical (unpaired) electrons. The Bertz CT molecular complexity index is 1060. The smallest absolute Gasteiger partial charge is 0.305 e. The predicted molar refractivity (Wildman–Crippen MR) is 283 cm³/mol. The van der Waals surface area contributed by atoms with Crippen molar-refractivity contribution in [2.24, 2.45) is 0 Å². The minimum Gasteiger partial charge on any atom is -0.466 e. The Labute approximate surface area is 404 Å². The lowest BCUT2D eigenvalue weighted by Gasteiger charge is -2.22. The van der Waals surface area contributed by atoms with Crippen molar-refractivity contribution in [1.82, 2.24) is 5.32 Å². The minimum absolute atomic E-state index is 0.000673. The quantitative estimate of drug-likeness (QED) is 0.0321. The highest BCUT2D eigenvalue weighted by atomic mass is 16.5. The molecule has 2 unspecified atom stereocenters. The number of carbonyl (C=O) groups is 2. The lowest BCUT2D eigenvalue weighted by atomic mass is 10.0. The van der Waals surface area contributed by atoms with Crippen molar-refractivity contribution in [2.45, 2.75) is 315 Å². The summed E-state index contributed by atoms with van der Waals surface area (Å²) in [5, 5.41) is 23.1. The molecule has 1 amide bonds. The van der Waals surface area contributed by atoms with Crippen LogP contribution in [0.25, 0.3) is 0 Å². The van der Waals surface area contributed by atoms with Gasteiger partial charge >= 0.3 is 5.97 Å². The summed E-state index contributed by atoms with van der Waals surface area (Å²) in [6.07, 6.45) is 67.2. The van der Waals surface area contributed by atoms with Crippen LogP contribution in [0.4, 0.5) is 0 Å². The Morgan fingerprint density at radius 1 is 0.431 bits per heavy atom. The Hall–Kier alpha value is -1.92. The van der Waals surface area contributed by atoms with Crippen molar-refractivity contribution < 1.29 is 24.5 Å². The first kappa shape index (κ1) is 63.1. The van der Waals surface area contributed by atoms with Gasteiger partial charge in [-0.25, -0.2) is 0 Å². The molecule has 0 aliphatic heterocycles. The SMILES string of the molecule is CCCCCC/C=C\CCCCCCCC(=O)OCCCCCCCCCCC/C=C\C/C=C\CCCCCCCCCCCC(=O)NC(CO)C(O)CCCCCCCCCCCC. The normalized spacial score (nSPS) is 12.9. The number of ether oxygens (including phenoxy) is 1. The highest BCUT2D eigenvalue weighted by Crippen LogP contribution is 2.16. The maximum atomic E-state index is 12.4. The molecule has 0 aromatic carbocycles. The predicted octanol–water partition coefficient (Wildman–Crippen LogP) is 17.6. The van der Waals surface area contributed by atoms with Crippen molar-refractivity contribution in [3.63, 3.8) is 0 Å². The van der Waals surface area contributed by atoms with Gasteiger partial charge in [-0.15, -0.1) is 0 Å². The molecular weight excluding hydrogens is 803 g/mol. The molecule has 0 fully saturated rings. The number of rotatable bonds is 53. The van der Waals surface area contributed by atoms with Crippen LogP contribution in [0.5, 0.6) is 0 Å². The second-order valence-corrected chi connectivity index (χ2v) is 19.6. The van der Waals surface area contributed by atoms with Gasteiger partial charge in [0.2, 0.25) is 5.91 Å². The Morgan fingerprint density at radius 3 is 1.20 bits per heavy atom. The third-order valence-electron chi connectivity index (χ3n) is 13.2. The van der Waals surface area contributed by atoms with Crippen molar-refractivity contribution in [3.8, 4) is 0 Å². The Kier molecular flexibility index (Phi) is 53.1. The van der Waals surface area contributed by atoms with Gasteiger partial charge in [-0.2, -0.15) is 0 Å². The van der Waals surface area contributed by atoms with E-state index < -0.39 is 12.1 Å². The molecule has 0 bridgehead atoms. The molecule has 0 rings (SSSR count). The molecule has 2 atom stereocenters. The number of nitrogens with one attached hydrogen (secondary N) is 1. The first-order valence-corrected chi connectivity index (χ1v) is 28.7. The molecule has 0 aliphatic rings. The van der Waals surface area contributed by atoms with Crippen molar-refractivity contribution >= 4 is 11.9 Å². The fraction of sp³-hybridized carbons (Fsp3) is 0.864. The number of amides is 1. The van der Waals surface area contributed by atoms with Gasteiger partial charge < -0.3 is 20.3 Å². The Morgan fingerprint density at radius 2 is 0.769 bits per heavy atom. The largest absolute Gasteiger partial charge is 0.466 e. The van der Waals surface area contributed by atoms with Gasteiger partial charge in [0.15, 0.2) is 0 Å². The molecule has 0 aromatic heterocycles. The van der Waals surface area contributed by atoms with E-state index in [2.05, 4.69) is 55.6 Å². The number of aliphatic hydroxyl groups excluding tert-OH is 2. The van der Waals surface area contributed by atoms with Crippen LogP contribution < -0.4 is 5.32 Å². The maximum Gasteiger partial charge on any atom is 0.305 e. The number of esters is 1. The first-order chi connectivity index (χ1) is 32.0. The van der Waals surface area contributed by atoms with Gasteiger partial charge in [-0.05, 0) is 83.5 Å². The molecular formula is C59H111NO5. The van der Waals surface area contributed by atoms with Crippen LogP contribution >= 0.6 is 0 Å². The van der Waals surface area contributed by atoms with E-state index in [-0.39, 0.29) is 18.5 Å². The lowest BCUT2D eigenvalue weighted by molar-refractivity contribution is -0.143. The molecule has 0 spiro atoms. The zero-order chi connectivity index (χ0) is 47.2. The van der Waals surface area contributed by atoms with Crippen LogP contribution in [0.2, 0.25) is 0 Å². The van der Waals surface area contributed by atoms with Crippen LogP contribution in [0.1, 0.15) is 303 Å². The van der Waals surface area contributed by atoms with Crippen LogP contribution in [-0.2, 0) is 14.3 Å². The summed E-state index contributed by atoms with van der Waals surface area (Å²) in [5.41, 5.74) is 0.